The number of carbonyl (C=O) groups excluding carboxylic acids is 2. The van der Waals surface area contributed by atoms with Crippen molar-refractivity contribution in [3.05, 3.63) is 64.3 Å². The van der Waals surface area contributed by atoms with Crippen LogP contribution in [0.1, 0.15) is 21.6 Å². The van der Waals surface area contributed by atoms with Crippen LogP contribution in [0, 0.1) is 13.8 Å². The first-order valence-corrected chi connectivity index (χ1v) is 7.55. The number of hydrogen-bond acceptors (Lipinski definition) is 2. The first-order valence-electron chi connectivity index (χ1n) is 7.17. The van der Waals surface area contributed by atoms with Crippen molar-refractivity contribution in [2.75, 3.05) is 5.32 Å². The van der Waals surface area contributed by atoms with E-state index in [4.69, 9.17) is 11.6 Å². The number of anilines is 1. The number of Topliss-reactive ketones (excluding diaryl/α,β-unsaturated/α-hetero) is 1. The summed E-state index contributed by atoms with van der Waals surface area (Å²) < 4.78 is 0. The smallest absolute Gasteiger partial charge is 0.296 e. The number of para-hydroxylation sites is 1. The van der Waals surface area contributed by atoms with Gasteiger partial charge < -0.3 is 10.3 Å². The second kappa shape index (κ2) is 5.89. The third-order valence-electron chi connectivity index (χ3n) is 3.84. The lowest BCUT2D eigenvalue weighted by atomic mass is 10.1. The minimum absolute atomic E-state index is 0.401. The quantitative estimate of drug-likeness (QED) is 0.558. The molecule has 23 heavy (non-hydrogen) atoms. The maximum Gasteiger partial charge on any atom is 0.296 e. The topological polar surface area (TPSA) is 62.0 Å². The van der Waals surface area contributed by atoms with E-state index in [-0.39, 0.29) is 0 Å². The fourth-order valence-corrected chi connectivity index (χ4v) is 2.78. The van der Waals surface area contributed by atoms with Crippen LogP contribution < -0.4 is 5.32 Å². The van der Waals surface area contributed by atoms with Crippen LogP contribution in [0.2, 0.25) is 5.02 Å². The Morgan fingerprint density at radius 3 is 2.57 bits per heavy atom. The molecule has 0 aliphatic heterocycles. The lowest BCUT2D eigenvalue weighted by Gasteiger charge is -2.09. The number of aryl methyl sites for hydroxylation is 1. The molecule has 3 aromatic rings. The molecule has 0 atom stereocenters. The van der Waals surface area contributed by atoms with Gasteiger partial charge in [-0.05, 0) is 37.6 Å². The van der Waals surface area contributed by atoms with E-state index in [0.29, 0.717) is 22.0 Å². The van der Waals surface area contributed by atoms with E-state index in [2.05, 4.69) is 10.3 Å². The van der Waals surface area contributed by atoms with Crippen LogP contribution in [0.25, 0.3) is 10.9 Å². The zero-order valence-electron chi connectivity index (χ0n) is 12.7. The number of amides is 1. The number of aromatic amines is 1. The monoisotopic (exact) mass is 326 g/mol. The number of nitrogens with one attached hydrogen (secondary N) is 2. The zero-order valence-corrected chi connectivity index (χ0v) is 13.5. The molecule has 0 saturated carbocycles. The summed E-state index contributed by atoms with van der Waals surface area (Å²) in [6.45, 7) is 3.57. The Kier molecular flexibility index (Phi) is 3.92. The molecule has 0 aliphatic rings. The summed E-state index contributed by atoms with van der Waals surface area (Å²) in [5.41, 5.74) is 3.17. The van der Waals surface area contributed by atoms with Crippen LogP contribution in [-0.4, -0.2) is 16.7 Å². The number of H-pyrrole nitrogens is 1. The Hall–Kier alpha value is -2.59. The fraction of sp³-hybridized carbons (Fsp3) is 0.111. The van der Waals surface area contributed by atoms with Gasteiger partial charge >= 0.3 is 0 Å². The van der Waals surface area contributed by atoms with Crippen LogP contribution in [0.15, 0.2) is 42.5 Å². The molecule has 2 aromatic carbocycles. The first-order chi connectivity index (χ1) is 11.0. The summed E-state index contributed by atoms with van der Waals surface area (Å²) in [6, 6.07) is 12.6. The maximum atomic E-state index is 12.6. The molecule has 0 fully saturated rings. The molecule has 0 radical (unpaired) electrons. The van der Waals surface area contributed by atoms with E-state index in [0.717, 1.165) is 16.5 Å². The number of halogens is 1. The Morgan fingerprint density at radius 2 is 1.78 bits per heavy atom. The molecule has 1 aromatic heterocycles. The number of carbonyl (C=O) groups is 2. The predicted octanol–water partition coefficient (Wildman–Crippen LogP) is 4.26. The van der Waals surface area contributed by atoms with Crippen molar-refractivity contribution in [1.29, 1.82) is 0 Å². The number of aromatic nitrogens is 1. The van der Waals surface area contributed by atoms with Crippen LogP contribution in [0.5, 0.6) is 0 Å². The average Bonchev–Trinajstić information content (AvgIpc) is 2.86. The molecule has 0 aliphatic carbocycles. The highest BCUT2D eigenvalue weighted by molar-refractivity contribution is 6.48. The SMILES string of the molecule is Cc1[nH]c2ccccc2c1C(=O)C(=O)Nc1cccc(Cl)c1C. The van der Waals surface area contributed by atoms with Crippen molar-refractivity contribution in [3.63, 3.8) is 0 Å². The Bertz CT molecular complexity index is 928. The van der Waals surface area contributed by atoms with Gasteiger partial charge in [0.2, 0.25) is 0 Å². The molecule has 5 heteroatoms. The summed E-state index contributed by atoms with van der Waals surface area (Å²) in [5, 5.41) is 3.93. The summed E-state index contributed by atoms with van der Waals surface area (Å²) >= 11 is 6.04. The third-order valence-corrected chi connectivity index (χ3v) is 4.25. The molecule has 4 nitrogen and oxygen atoms in total. The largest absolute Gasteiger partial charge is 0.358 e. The minimum Gasteiger partial charge on any atom is -0.358 e. The fourth-order valence-electron chi connectivity index (χ4n) is 2.60. The van der Waals surface area contributed by atoms with Gasteiger partial charge in [0, 0.05) is 27.3 Å². The highest BCUT2D eigenvalue weighted by Crippen LogP contribution is 2.25. The van der Waals surface area contributed by atoms with Gasteiger partial charge in [-0.25, -0.2) is 0 Å². The number of fused-ring (bicyclic) bond motifs is 1. The Morgan fingerprint density at radius 1 is 1.04 bits per heavy atom. The number of benzene rings is 2. The summed E-state index contributed by atoms with van der Waals surface area (Å²) in [4.78, 5) is 28.1. The van der Waals surface area contributed by atoms with Crippen molar-refractivity contribution < 1.29 is 9.59 Å². The number of rotatable bonds is 3. The summed E-state index contributed by atoms with van der Waals surface area (Å²) in [6.07, 6.45) is 0. The summed E-state index contributed by atoms with van der Waals surface area (Å²) in [7, 11) is 0. The molecule has 3 rings (SSSR count). The molecular weight excluding hydrogens is 312 g/mol. The van der Waals surface area contributed by atoms with Gasteiger partial charge in [0.15, 0.2) is 0 Å². The maximum absolute atomic E-state index is 12.6. The van der Waals surface area contributed by atoms with Crippen LogP contribution in [0.4, 0.5) is 5.69 Å². The highest BCUT2D eigenvalue weighted by atomic mass is 35.5. The number of ketones is 1. The van der Waals surface area contributed by atoms with Gasteiger partial charge in [-0.3, -0.25) is 9.59 Å². The van der Waals surface area contributed by atoms with Gasteiger partial charge in [-0.1, -0.05) is 35.9 Å². The molecule has 0 saturated heterocycles. The highest BCUT2D eigenvalue weighted by Gasteiger charge is 2.23. The van der Waals surface area contributed by atoms with Gasteiger partial charge in [0.05, 0.1) is 5.56 Å². The van der Waals surface area contributed by atoms with Gasteiger partial charge in [0.25, 0.3) is 11.7 Å². The van der Waals surface area contributed by atoms with Crippen molar-refractivity contribution in [1.82, 2.24) is 4.98 Å². The van der Waals surface area contributed by atoms with E-state index >= 15 is 0 Å². The van der Waals surface area contributed by atoms with E-state index in [1.807, 2.05) is 24.3 Å². The Balaban J connectivity index is 1.94. The van der Waals surface area contributed by atoms with Gasteiger partial charge in [0.1, 0.15) is 0 Å². The van der Waals surface area contributed by atoms with E-state index < -0.39 is 11.7 Å². The second-order valence-corrected chi connectivity index (χ2v) is 5.77. The van der Waals surface area contributed by atoms with E-state index in [1.54, 1.807) is 32.0 Å². The van der Waals surface area contributed by atoms with Crippen LogP contribution in [-0.2, 0) is 4.79 Å². The Labute approximate surface area is 138 Å². The molecule has 0 bridgehead atoms. The van der Waals surface area contributed by atoms with Crippen molar-refractivity contribution in [3.8, 4) is 0 Å². The molecule has 1 heterocycles. The first kappa shape index (κ1) is 15.3. The molecular formula is C18H15ClN2O2. The average molecular weight is 327 g/mol. The van der Waals surface area contributed by atoms with Crippen molar-refractivity contribution in [2.24, 2.45) is 0 Å². The van der Waals surface area contributed by atoms with E-state index in [1.165, 1.54) is 0 Å². The normalized spacial score (nSPS) is 10.7. The van der Waals surface area contributed by atoms with Gasteiger partial charge in [-0.15, -0.1) is 0 Å². The molecule has 116 valence electrons. The van der Waals surface area contributed by atoms with Crippen molar-refractivity contribution >= 4 is 39.9 Å². The lowest BCUT2D eigenvalue weighted by Crippen LogP contribution is -2.23. The number of hydrogen-bond donors (Lipinski definition) is 2. The minimum atomic E-state index is -0.678. The van der Waals surface area contributed by atoms with E-state index in [9.17, 15) is 9.59 Å². The van der Waals surface area contributed by atoms with Gasteiger partial charge in [-0.2, -0.15) is 0 Å². The molecule has 0 spiro atoms. The zero-order chi connectivity index (χ0) is 16.6. The standard InChI is InChI=1S/C18H15ClN2O2/c1-10-13(19)7-5-9-14(10)21-18(23)17(22)16-11(2)20-15-8-4-3-6-12(15)16/h3-9,20H,1-2H3,(H,21,23). The van der Waals surface area contributed by atoms with Crippen LogP contribution in [0.3, 0.4) is 0 Å². The molecule has 1 amide bonds. The molecule has 0 unspecified atom stereocenters. The third kappa shape index (κ3) is 2.73. The van der Waals surface area contributed by atoms with Crippen LogP contribution >= 0.6 is 11.6 Å². The predicted molar refractivity (Wildman–Crippen MR) is 92.2 cm³/mol. The molecule has 2 N–H and O–H groups in total. The second-order valence-electron chi connectivity index (χ2n) is 5.37. The van der Waals surface area contributed by atoms with Crippen molar-refractivity contribution in [2.45, 2.75) is 13.8 Å². The lowest BCUT2D eigenvalue weighted by molar-refractivity contribution is -0.112. The summed E-state index contributed by atoms with van der Waals surface area (Å²) in [5.74, 6) is -1.25.